The molecule has 2 N–H and O–H groups in total. The van der Waals surface area contributed by atoms with Crippen LogP contribution in [-0.4, -0.2) is 5.78 Å². The van der Waals surface area contributed by atoms with E-state index in [0.29, 0.717) is 6.42 Å². The largest absolute Gasteiger partial charge is 0.401 e. The van der Waals surface area contributed by atoms with E-state index in [1.54, 1.807) is 0 Å². The number of Topliss-reactive ketones (excluding diaryl/α,β-unsaturated/α-hetero) is 1. The lowest BCUT2D eigenvalue weighted by Crippen LogP contribution is -2.14. The molecular formula is C9H13NO. The predicted octanol–water partition coefficient (Wildman–Crippen LogP) is 1.53. The van der Waals surface area contributed by atoms with Gasteiger partial charge in [0.15, 0.2) is 5.78 Å². The first-order chi connectivity index (χ1) is 5.15. The first-order valence-electron chi connectivity index (χ1n) is 3.84. The smallest absolute Gasteiger partial charge is 0.164 e. The van der Waals surface area contributed by atoms with Crippen LogP contribution in [0.2, 0.25) is 0 Å². The fourth-order valence-electron chi connectivity index (χ4n) is 1.19. The Kier molecular flexibility index (Phi) is 2.13. The van der Waals surface area contributed by atoms with Gasteiger partial charge in [-0.25, -0.2) is 0 Å². The Balaban J connectivity index is 2.96. The summed E-state index contributed by atoms with van der Waals surface area (Å²) in [5.74, 6) is 0.153. The summed E-state index contributed by atoms with van der Waals surface area (Å²) in [6.07, 6.45) is 3.21. The molecule has 0 spiro atoms. The Hall–Kier alpha value is -1.05. The maximum absolute atomic E-state index is 11.1. The van der Waals surface area contributed by atoms with Crippen molar-refractivity contribution in [3.8, 4) is 0 Å². The fraction of sp³-hybridized carbons (Fsp3) is 0.444. The minimum absolute atomic E-state index is 0.153. The van der Waals surface area contributed by atoms with Crippen LogP contribution in [0.15, 0.2) is 22.9 Å². The Labute approximate surface area is 66.8 Å². The van der Waals surface area contributed by atoms with Crippen molar-refractivity contribution in [1.29, 1.82) is 0 Å². The average molecular weight is 151 g/mol. The van der Waals surface area contributed by atoms with Gasteiger partial charge in [0.05, 0.1) is 6.42 Å². The molecule has 0 radical (unpaired) electrons. The monoisotopic (exact) mass is 151 g/mol. The Morgan fingerprint density at radius 2 is 2.27 bits per heavy atom. The van der Waals surface area contributed by atoms with Crippen LogP contribution < -0.4 is 5.73 Å². The number of allylic oxidation sites excluding steroid dienone is 4. The quantitative estimate of drug-likeness (QED) is 0.617. The summed E-state index contributed by atoms with van der Waals surface area (Å²) in [5, 5.41) is 0. The maximum atomic E-state index is 11.1. The maximum Gasteiger partial charge on any atom is 0.164 e. The molecule has 2 heteroatoms. The fourth-order valence-corrected chi connectivity index (χ4v) is 1.19. The highest BCUT2D eigenvalue weighted by Crippen LogP contribution is 2.19. The SMILES string of the molecule is CCC1=C(N)CC(=O)C(C)=C1. The van der Waals surface area contributed by atoms with Crippen molar-refractivity contribution in [2.45, 2.75) is 26.7 Å². The van der Waals surface area contributed by atoms with Gasteiger partial charge in [-0.15, -0.1) is 0 Å². The third-order valence-electron chi connectivity index (χ3n) is 1.97. The lowest BCUT2D eigenvalue weighted by Gasteiger charge is -2.12. The molecule has 0 saturated heterocycles. The highest BCUT2D eigenvalue weighted by Gasteiger charge is 2.13. The van der Waals surface area contributed by atoms with Gasteiger partial charge < -0.3 is 5.73 Å². The van der Waals surface area contributed by atoms with Crippen LogP contribution in [0.1, 0.15) is 26.7 Å². The van der Waals surface area contributed by atoms with E-state index in [4.69, 9.17) is 5.73 Å². The number of carbonyl (C=O) groups excluding carboxylic acids is 1. The lowest BCUT2D eigenvalue weighted by atomic mass is 9.95. The van der Waals surface area contributed by atoms with Gasteiger partial charge >= 0.3 is 0 Å². The average Bonchev–Trinajstić information content (AvgIpc) is 1.97. The van der Waals surface area contributed by atoms with Gasteiger partial charge in [0.1, 0.15) is 0 Å². The van der Waals surface area contributed by atoms with Crippen LogP contribution in [0, 0.1) is 0 Å². The molecule has 0 aromatic carbocycles. The third-order valence-corrected chi connectivity index (χ3v) is 1.97. The number of rotatable bonds is 1. The van der Waals surface area contributed by atoms with Crippen molar-refractivity contribution in [3.05, 3.63) is 22.9 Å². The first-order valence-corrected chi connectivity index (χ1v) is 3.84. The summed E-state index contributed by atoms with van der Waals surface area (Å²) in [5.41, 5.74) is 8.34. The van der Waals surface area contributed by atoms with E-state index in [1.807, 2.05) is 19.9 Å². The molecule has 0 aliphatic heterocycles. The van der Waals surface area contributed by atoms with Crippen LogP contribution in [0.5, 0.6) is 0 Å². The van der Waals surface area contributed by atoms with E-state index in [-0.39, 0.29) is 5.78 Å². The highest BCUT2D eigenvalue weighted by molar-refractivity contribution is 5.98. The Morgan fingerprint density at radius 1 is 1.64 bits per heavy atom. The van der Waals surface area contributed by atoms with Crippen LogP contribution in [-0.2, 0) is 4.79 Å². The minimum Gasteiger partial charge on any atom is -0.401 e. The first kappa shape index (κ1) is 8.05. The van der Waals surface area contributed by atoms with Crippen LogP contribution >= 0.6 is 0 Å². The van der Waals surface area contributed by atoms with Crippen molar-refractivity contribution < 1.29 is 4.79 Å². The van der Waals surface area contributed by atoms with E-state index in [9.17, 15) is 4.79 Å². The Bertz CT molecular complexity index is 248. The molecule has 0 aromatic rings. The van der Waals surface area contributed by atoms with E-state index < -0.39 is 0 Å². The molecule has 11 heavy (non-hydrogen) atoms. The molecule has 1 aliphatic rings. The molecule has 0 aromatic heterocycles. The number of hydrogen-bond donors (Lipinski definition) is 1. The van der Waals surface area contributed by atoms with E-state index in [2.05, 4.69) is 0 Å². The number of hydrogen-bond acceptors (Lipinski definition) is 2. The summed E-state index contributed by atoms with van der Waals surface area (Å²) >= 11 is 0. The molecule has 0 heterocycles. The van der Waals surface area contributed by atoms with Crippen LogP contribution in [0.3, 0.4) is 0 Å². The zero-order valence-electron chi connectivity index (χ0n) is 6.98. The summed E-state index contributed by atoms with van der Waals surface area (Å²) in [7, 11) is 0. The molecule has 0 atom stereocenters. The predicted molar refractivity (Wildman–Crippen MR) is 44.9 cm³/mol. The van der Waals surface area contributed by atoms with E-state index >= 15 is 0 Å². The van der Waals surface area contributed by atoms with Crippen molar-refractivity contribution in [2.24, 2.45) is 5.73 Å². The summed E-state index contributed by atoms with van der Waals surface area (Å²) in [4.78, 5) is 11.1. The normalized spacial score (nSPS) is 18.7. The van der Waals surface area contributed by atoms with Gasteiger partial charge in [-0.1, -0.05) is 13.0 Å². The minimum atomic E-state index is 0.153. The van der Waals surface area contributed by atoms with E-state index in [0.717, 1.165) is 23.3 Å². The van der Waals surface area contributed by atoms with Crippen LogP contribution in [0.4, 0.5) is 0 Å². The highest BCUT2D eigenvalue weighted by atomic mass is 16.1. The van der Waals surface area contributed by atoms with Gasteiger partial charge in [0.2, 0.25) is 0 Å². The standard InChI is InChI=1S/C9H13NO/c1-3-7-4-6(2)9(11)5-8(7)10/h4H,3,5,10H2,1-2H3. The van der Waals surface area contributed by atoms with Gasteiger partial charge in [-0.05, 0) is 24.5 Å². The topological polar surface area (TPSA) is 43.1 Å². The second-order valence-electron chi connectivity index (χ2n) is 2.83. The number of nitrogens with two attached hydrogens (primary N) is 1. The second-order valence-corrected chi connectivity index (χ2v) is 2.83. The number of carbonyl (C=O) groups is 1. The van der Waals surface area contributed by atoms with Gasteiger partial charge in [0, 0.05) is 5.70 Å². The van der Waals surface area contributed by atoms with E-state index in [1.165, 1.54) is 0 Å². The second kappa shape index (κ2) is 2.91. The molecule has 0 bridgehead atoms. The molecular weight excluding hydrogens is 138 g/mol. The lowest BCUT2D eigenvalue weighted by molar-refractivity contribution is -0.115. The molecule has 60 valence electrons. The molecule has 0 amide bonds. The summed E-state index contributed by atoms with van der Waals surface area (Å²) < 4.78 is 0. The molecule has 0 saturated carbocycles. The number of ketones is 1. The van der Waals surface area contributed by atoms with Crippen molar-refractivity contribution >= 4 is 5.78 Å². The molecule has 1 rings (SSSR count). The molecule has 0 unspecified atom stereocenters. The zero-order chi connectivity index (χ0) is 8.43. The van der Waals surface area contributed by atoms with Crippen molar-refractivity contribution in [1.82, 2.24) is 0 Å². The van der Waals surface area contributed by atoms with Crippen molar-refractivity contribution in [3.63, 3.8) is 0 Å². The van der Waals surface area contributed by atoms with Gasteiger partial charge in [-0.2, -0.15) is 0 Å². The molecule has 1 aliphatic carbocycles. The van der Waals surface area contributed by atoms with Gasteiger partial charge in [-0.3, -0.25) is 4.79 Å². The van der Waals surface area contributed by atoms with Crippen molar-refractivity contribution in [2.75, 3.05) is 0 Å². The summed E-state index contributed by atoms with van der Waals surface area (Å²) in [6.45, 7) is 3.88. The van der Waals surface area contributed by atoms with Gasteiger partial charge in [0.25, 0.3) is 0 Å². The molecule has 2 nitrogen and oxygen atoms in total. The zero-order valence-corrected chi connectivity index (χ0v) is 6.98. The Morgan fingerprint density at radius 3 is 2.82 bits per heavy atom. The summed E-state index contributed by atoms with van der Waals surface area (Å²) in [6, 6.07) is 0. The molecule has 0 fully saturated rings. The van der Waals surface area contributed by atoms with Crippen LogP contribution in [0.25, 0.3) is 0 Å². The third kappa shape index (κ3) is 1.50.